The van der Waals surface area contributed by atoms with Gasteiger partial charge in [-0.1, -0.05) is 12.8 Å². The van der Waals surface area contributed by atoms with Crippen LogP contribution < -0.4 is 0 Å². The van der Waals surface area contributed by atoms with Crippen molar-refractivity contribution in [3.8, 4) is 0 Å². The van der Waals surface area contributed by atoms with Gasteiger partial charge in [-0.15, -0.1) is 0 Å². The zero-order valence-electron chi connectivity index (χ0n) is 6.21. The van der Waals surface area contributed by atoms with E-state index in [0.717, 1.165) is 0 Å². The molecule has 0 radical (unpaired) electrons. The Morgan fingerprint density at radius 1 is 0.900 bits per heavy atom. The molecule has 0 saturated carbocycles. The Hall–Kier alpha value is 0.150. The summed E-state index contributed by atoms with van der Waals surface area (Å²) in [4.78, 5) is 0. The lowest BCUT2D eigenvalue weighted by Crippen LogP contribution is -2.34. The third-order valence-corrected chi connectivity index (χ3v) is 5.02. The fourth-order valence-corrected chi connectivity index (χ4v) is 4.31. The van der Waals surface area contributed by atoms with Crippen LogP contribution in [0.25, 0.3) is 0 Å². The molecule has 0 aromatic carbocycles. The minimum atomic E-state index is -0.436. The minimum absolute atomic E-state index is 0.436. The van der Waals surface area contributed by atoms with Crippen molar-refractivity contribution < 1.29 is 4.21 Å². The highest BCUT2D eigenvalue weighted by Gasteiger charge is 2.32. The highest BCUT2D eigenvalue weighted by atomic mass is 32.2. The van der Waals surface area contributed by atoms with Crippen LogP contribution in [0, 0.1) is 0 Å². The maximum absolute atomic E-state index is 11.5. The molecule has 0 N–H and O–H groups in total. The van der Waals surface area contributed by atoms with Crippen molar-refractivity contribution in [3.63, 3.8) is 0 Å². The number of fused-ring (bicyclic) bond motifs is 2. The van der Waals surface area contributed by atoms with Crippen LogP contribution in [-0.2, 0) is 10.8 Å². The summed E-state index contributed by atoms with van der Waals surface area (Å²) in [5.74, 6) is 0. The van der Waals surface area contributed by atoms with Gasteiger partial charge < -0.3 is 0 Å². The largest absolute Gasteiger partial charge is 0.259 e. The monoisotopic (exact) mass is 158 g/mol. The van der Waals surface area contributed by atoms with Crippen LogP contribution in [0.4, 0.5) is 0 Å². The second kappa shape index (κ2) is 2.65. The van der Waals surface area contributed by atoms with Gasteiger partial charge in [0.2, 0.25) is 0 Å². The van der Waals surface area contributed by atoms with Gasteiger partial charge >= 0.3 is 0 Å². The summed E-state index contributed by atoms with van der Waals surface area (Å²) in [6, 6.07) is 0. The van der Waals surface area contributed by atoms with E-state index in [0.29, 0.717) is 10.5 Å². The Morgan fingerprint density at radius 2 is 1.30 bits per heavy atom. The normalized spacial score (nSPS) is 47.0. The number of hydrogen-bond acceptors (Lipinski definition) is 1. The smallest absolute Gasteiger partial charge is 0.0350 e. The van der Waals surface area contributed by atoms with Gasteiger partial charge in [0.15, 0.2) is 0 Å². The second-order valence-electron chi connectivity index (χ2n) is 3.43. The molecule has 58 valence electrons. The molecule has 1 nitrogen and oxygen atoms in total. The Morgan fingerprint density at radius 3 is 1.60 bits per heavy atom. The SMILES string of the molecule is O=S1C2CCCC1CCC2. The van der Waals surface area contributed by atoms with Gasteiger partial charge in [-0.25, -0.2) is 0 Å². The van der Waals surface area contributed by atoms with Crippen molar-refractivity contribution >= 4 is 10.8 Å². The Balaban J connectivity index is 2.12. The maximum Gasteiger partial charge on any atom is 0.0350 e. The van der Waals surface area contributed by atoms with Crippen LogP contribution in [-0.4, -0.2) is 14.7 Å². The molecule has 2 heterocycles. The molecule has 2 fully saturated rings. The van der Waals surface area contributed by atoms with Crippen LogP contribution in [0.3, 0.4) is 0 Å². The van der Waals surface area contributed by atoms with Gasteiger partial charge in [-0.3, -0.25) is 4.21 Å². The lowest BCUT2D eigenvalue weighted by Gasteiger charge is -2.33. The zero-order chi connectivity index (χ0) is 6.97. The van der Waals surface area contributed by atoms with Crippen LogP contribution in [0.1, 0.15) is 38.5 Å². The molecule has 2 bridgehead atoms. The van der Waals surface area contributed by atoms with E-state index in [1.54, 1.807) is 0 Å². The van der Waals surface area contributed by atoms with Crippen molar-refractivity contribution in [3.05, 3.63) is 0 Å². The van der Waals surface area contributed by atoms with Crippen molar-refractivity contribution in [2.24, 2.45) is 0 Å². The highest BCUT2D eigenvalue weighted by Crippen LogP contribution is 2.33. The van der Waals surface area contributed by atoms with E-state index in [-0.39, 0.29) is 0 Å². The highest BCUT2D eigenvalue weighted by molar-refractivity contribution is 7.86. The molecule has 0 atom stereocenters. The third kappa shape index (κ3) is 1.03. The minimum Gasteiger partial charge on any atom is -0.259 e. The number of rotatable bonds is 0. The van der Waals surface area contributed by atoms with Crippen LogP contribution in [0.2, 0.25) is 0 Å². The zero-order valence-corrected chi connectivity index (χ0v) is 7.03. The molecule has 0 aliphatic carbocycles. The fourth-order valence-electron chi connectivity index (χ4n) is 2.17. The van der Waals surface area contributed by atoms with Crippen LogP contribution in [0.15, 0.2) is 0 Å². The molecule has 2 heteroatoms. The Kier molecular flexibility index (Phi) is 1.81. The van der Waals surface area contributed by atoms with E-state index in [9.17, 15) is 4.21 Å². The summed E-state index contributed by atoms with van der Waals surface area (Å²) in [6.07, 6.45) is 7.63. The van der Waals surface area contributed by atoms with Crippen molar-refractivity contribution in [2.45, 2.75) is 49.0 Å². The molecule has 0 amide bonds. The Bertz CT molecular complexity index is 131. The molecule has 2 rings (SSSR count). The summed E-state index contributed by atoms with van der Waals surface area (Å²) in [5, 5.41) is 1.18. The fraction of sp³-hybridized carbons (Fsp3) is 1.00. The second-order valence-corrected chi connectivity index (χ2v) is 5.42. The van der Waals surface area contributed by atoms with Crippen molar-refractivity contribution in [1.82, 2.24) is 0 Å². The van der Waals surface area contributed by atoms with Gasteiger partial charge in [-0.05, 0) is 25.7 Å². The predicted molar refractivity (Wildman–Crippen MR) is 43.4 cm³/mol. The molecule has 0 spiro atoms. The summed E-state index contributed by atoms with van der Waals surface area (Å²) < 4.78 is 11.5. The molecule has 2 aliphatic heterocycles. The predicted octanol–water partition coefficient (Wildman–Crippen LogP) is 1.84. The van der Waals surface area contributed by atoms with Gasteiger partial charge in [-0.2, -0.15) is 0 Å². The standard InChI is InChI=1S/C8H14OS/c9-10-7-3-1-4-8(10)6-2-5-7/h7-8H,1-6H2. The van der Waals surface area contributed by atoms with E-state index < -0.39 is 10.8 Å². The van der Waals surface area contributed by atoms with Crippen LogP contribution >= 0.6 is 0 Å². The van der Waals surface area contributed by atoms with Gasteiger partial charge in [0, 0.05) is 21.3 Å². The first-order chi connectivity index (χ1) is 4.88. The molecule has 2 saturated heterocycles. The van der Waals surface area contributed by atoms with E-state index in [1.807, 2.05) is 0 Å². The first-order valence-electron chi connectivity index (χ1n) is 4.27. The van der Waals surface area contributed by atoms with Crippen molar-refractivity contribution in [2.75, 3.05) is 0 Å². The third-order valence-electron chi connectivity index (χ3n) is 2.76. The summed E-state index contributed by atoms with van der Waals surface area (Å²) >= 11 is 0. The van der Waals surface area contributed by atoms with Gasteiger partial charge in [0.05, 0.1) is 0 Å². The average molecular weight is 158 g/mol. The molecule has 0 aromatic heterocycles. The quantitative estimate of drug-likeness (QED) is 0.525. The molecule has 0 unspecified atom stereocenters. The molecular formula is C8H14OS. The average Bonchev–Trinajstić information content (AvgIpc) is 1.86. The lowest BCUT2D eigenvalue weighted by atomic mass is 9.99. The molecule has 2 aliphatic rings. The summed E-state index contributed by atoms with van der Waals surface area (Å²) in [5.41, 5.74) is 0. The Labute approximate surface area is 64.7 Å². The first-order valence-corrected chi connectivity index (χ1v) is 5.55. The molecule has 0 aromatic rings. The van der Waals surface area contributed by atoms with Gasteiger partial charge in [0.1, 0.15) is 0 Å². The molecule has 10 heavy (non-hydrogen) atoms. The maximum atomic E-state index is 11.5. The van der Waals surface area contributed by atoms with E-state index in [1.165, 1.54) is 38.5 Å². The summed E-state index contributed by atoms with van der Waals surface area (Å²) in [7, 11) is -0.436. The van der Waals surface area contributed by atoms with Crippen LogP contribution in [0.5, 0.6) is 0 Å². The van der Waals surface area contributed by atoms with E-state index in [2.05, 4.69) is 0 Å². The van der Waals surface area contributed by atoms with E-state index in [4.69, 9.17) is 0 Å². The number of hydrogen-bond donors (Lipinski definition) is 0. The van der Waals surface area contributed by atoms with E-state index >= 15 is 0 Å². The lowest BCUT2D eigenvalue weighted by molar-refractivity contribution is 0.465. The first kappa shape index (κ1) is 6.84. The van der Waals surface area contributed by atoms with Gasteiger partial charge in [0.25, 0.3) is 0 Å². The molecular weight excluding hydrogens is 144 g/mol. The van der Waals surface area contributed by atoms with Crippen molar-refractivity contribution in [1.29, 1.82) is 0 Å². The summed E-state index contributed by atoms with van der Waals surface area (Å²) in [6.45, 7) is 0. The topological polar surface area (TPSA) is 17.1 Å².